The van der Waals surface area contributed by atoms with Gasteiger partial charge in [0.2, 0.25) is 0 Å². The van der Waals surface area contributed by atoms with Gasteiger partial charge in [-0.2, -0.15) is 13.2 Å². The van der Waals surface area contributed by atoms with Gasteiger partial charge < -0.3 is 9.84 Å². The van der Waals surface area contributed by atoms with Crippen LogP contribution in [0, 0.1) is 0 Å². The lowest BCUT2D eigenvalue weighted by atomic mass is 10.0. The summed E-state index contributed by atoms with van der Waals surface area (Å²) in [6.07, 6.45) is -1.93. The molecule has 0 saturated heterocycles. The highest BCUT2D eigenvalue weighted by Gasteiger charge is 2.30. The van der Waals surface area contributed by atoms with Gasteiger partial charge in [-0.1, -0.05) is 18.2 Å². The van der Waals surface area contributed by atoms with Gasteiger partial charge in [-0.15, -0.1) is 11.8 Å². The number of carboxylic acids is 1. The van der Waals surface area contributed by atoms with Gasteiger partial charge in [0.05, 0.1) is 18.4 Å². The minimum absolute atomic E-state index is 0.0865. The second-order valence-corrected chi connectivity index (χ2v) is 6.72. The quantitative estimate of drug-likeness (QED) is 0.494. The van der Waals surface area contributed by atoms with Crippen molar-refractivity contribution in [1.29, 1.82) is 0 Å². The number of alkyl halides is 3. The number of thioether (sulfide) groups is 1. The Labute approximate surface area is 164 Å². The summed E-state index contributed by atoms with van der Waals surface area (Å²) >= 11 is 1.16. The predicted octanol–water partition coefficient (Wildman–Crippen LogP) is 4.93. The Balaban J connectivity index is 2.17. The molecule has 0 aliphatic heterocycles. The maximum absolute atomic E-state index is 12.8. The van der Waals surface area contributed by atoms with E-state index in [-0.39, 0.29) is 17.1 Å². The second-order valence-electron chi connectivity index (χ2n) is 5.73. The van der Waals surface area contributed by atoms with Gasteiger partial charge >= 0.3 is 12.1 Å². The summed E-state index contributed by atoms with van der Waals surface area (Å²) in [6, 6.07) is 9.41. The van der Waals surface area contributed by atoms with Crippen molar-refractivity contribution < 1.29 is 32.6 Å². The van der Waals surface area contributed by atoms with Crippen molar-refractivity contribution in [2.45, 2.75) is 11.9 Å². The molecule has 0 fully saturated rings. The van der Waals surface area contributed by atoms with E-state index in [9.17, 15) is 22.8 Å². The molecule has 148 valence electrons. The topological polar surface area (TPSA) is 63.6 Å². The Morgan fingerprint density at radius 1 is 1.18 bits per heavy atom. The highest BCUT2D eigenvalue weighted by molar-refractivity contribution is 7.99. The molecule has 0 unspecified atom stereocenters. The lowest BCUT2D eigenvalue weighted by Gasteiger charge is -2.09. The van der Waals surface area contributed by atoms with E-state index in [4.69, 9.17) is 9.84 Å². The minimum atomic E-state index is -4.45. The molecular weight excluding hydrogens is 393 g/mol. The zero-order chi connectivity index (χ0) is 20.7. The molecule has 2 rings (SSSR count). The molecule has 0 aromatic heterocycles. The fourth-order valence-electron chi connectivity index (χ4n) is 2.38. The van der Waals surface area contributed by atoms with E-state index < -0.39 is 17.7 Å². The van der Waals surface area contributed by atoms with Gasteiger partial charge in [-0.3, -0.25) is 9.59 Å². The van der Waals surface area contributed by atoms with Crippen molar-refractivity contribution in [3.8, 4) is 5.75 Å². The van der Waals surface area contributed by atoms with E-state index in [1.165, 1.54) is 31.4 Å². The van der Waals surface area contributed by atoms with Gasteiger partial charge in [0.15, 0.2) is 5.78 Å². The summed E-state index contributed by atoms with van der Waals surface area (Å²) in [4.78, 5) is 23.0. The van der Waals surface area contributed by atoms with Crippen molar-refractivity contribution in [2.75, 3.05) is 12.9 Å². The van der Waals surface area contributed by atoms with Gasteiger partial charge in [0.25, 0.3) is 0 Å². The molecule has 0 radical (unpaired) electrons. The molecule has 2 aromatic carbocycles. The normalized spacial score (nSPS) is 11.6. The number of aliphatic carboxylic acids is 1. The van der Waals surface area contributed by atoms with Crippen molar-refractivity contribution in [3.63, 3.8) is 0 Å². The summed E-state index contributed by atoms with van der Waals surface area (Å²) in [5, 5.41) is 8.72. The lowest BCUT2D eigenvalue weighted by Crippen LogP contribution is -2.04. The third kappa shape index (κ3) is 6.16. The van der Waals surface area contributed by atoms with Crippen molar-refractivity contribution in [2.24, 2.45) is 0 Å². The number of carboxylic acid groups (broad SMARTS) is 1. The number of benzene rings is 2. The van der Waals surface area contributed by atoms with Crippen LogP contribution in [0.4, 0.5) is 13.2 Å². The van der Waals surface area contributed by atoms with Crippen molar-refractivity contribution >= 4 is 29.6 Å². The maximum atomic E-state index is 12.8. The summed E-state index contributed by atoms with van der Waals surface area (Å²) in [5.74, 6) is -0.550. The number of allylic oxidation sites excluding steroid dienone is 1. The molecular formula is C20H17F3O4S. The first-order valence-electron chi connectivity index (χ1n) is 8.07. The van der Waals surface area contributed by atoms with Crippen molar-refractivity contribution in [3.05, 3.63) is 70.8 Å². The highest BCUT2D eigenvalue weighted by Crippen LogP contribution is 2.30. The van der Waals surface area contributed by atoms with E-state index >= 15 is 0 Å². The van der Waals surface area contributed by atoms with Crippen LogP contribution in [0.15, 0.2) is 48.5 Å². The van der Waals surface area contributed by atoms with Crippen LogP contribution in [-0.2, 0) is 16.7 Å². The highest BCUT2D eigenvalue weighted by atomic mass is 32.2. The van der Waals surface area contributed by atoms with Crippen LogP contribution in [-0.4, -0.2) is 29.7 Å². The number of rotatable bonds is 8. The first kappa shape index (κ1) is 21.6. The molecule has 0 spiro atoms. The Morgan fingerprint density at radius 2 is 1.93 bits per heavy atom. The molecule has 0 heterocycles. The van der Waals surface area contributed by atoms with E-state index in [0.29, 0.717) is 22.6 Å². The third-order valence-corrected chi connectivity index (χ3v) is 4.66. The molecule has 0 aliphatic rings. The van der Waals surface area contributed by atoms with Gasteiger partial charge in [0, 0.05) is 16.9 Å². The zero-order valence-electron chi connectivity index (χ0n) is 14.8. The van der Waals surface area contributed by atoms with E-state index in [1.54, 1.807) is 18.2 Å². The third-order valence-electron chi connectivity index (χ3n) is 3.69. The summed E-state index contributed by atoms with van der Waals surface area (Å²) in [7, 11) is 1.47. The molecule has 0 bridgehead atoms. The number of methoxy groups -OCH3 is 1. The fourth-order valence-corrected chi connectivity index (χ4v) is 3.10. The number of hydrogen-bond acceptors (Lipinski definition) is 4. The monoisotopic (exact) mass is 410 g/mol. The number of hydrogen-bond donors (Lipinski definition) is 1. The molecule has 28 heavy (non-hydrogen) atoms. The second kappa shape index (κ2) is 9.45. The van der Waals surface area contributed by atoms with Gasteiger partial charge in [-0.05, 0) is 42.0 Å². The molecule has 0 amide bonds. The average Bonchev–Trinajstić information content (AvgIpc) is 2.65. The van der Waals surface area contributed by atoms with E-state index in [0.717, 1.165) is 23.9 Å². The standard InChI is InChI=1S/C20H17F3O4S/c1-27-18-8-6-14(10-15(18)11-28-12-19(25)26)17(24)7-5-13-3-2-4-16(9-13)20(21,22)23/h2-10H,11-12H2,1H3,(H,25,26). The largest absolute Gasteiger partial charge is 0.496 e. The number of ether oxygens (including phenoxy) is 1. The maximum Gasteiger partial charge on any atom is 0.416 e. The van der Waals surface area contributed by atoms with E-state index in [2.05, 4.69) is 0 Å². The molecule has 0 saturated carbocycles. The molecule has 8 heteroatoms. The first-order chi connectivity index (χ1) is 13.2. The van der Waals surface area contributed by atoms with Crippen LogP contribution in [0.2, 0.25) is 0 Å². The first-order valence-corrected chi connectivity index (χ1v) is 9.22. The van der Waals surface area contributed by atoms with Gasteiger partial charge in [0.1, 0.15) is 5.75 Å². The summed E-state index contributed by atoms with van der Waals surface area (Å²) < 4.78 is 43.5. The summed E-state index contributed by atoms with van der Waals surface area (Å²) in [6.45, 7) is 0. The van der Waals surface area contributed by atoms with Crippen LogP contribution >= 0.6 is 11.8 Å². The van der Waals surface area contributed by atoms with Crippen LogP contribution in [0.5, 0.6) is 5.75 Å². The van der Waals surface area contributed by atoms with Crippen LogP contribution in [0.3, 0.4) is 0 Å². The molecule has 4 nitrogen and oxygen atoms in total. The smallest absolute Gasteiger partial charge is 0.416 e. The van der Waals surface area contributed by atoms with Crippen molar-refractivity contribution in [1.82, 2.24) is 0 Å². The number of ketones is 1. The number of carbonyl (C=O) groups is 2. The molecule has 2 aromatic rings. The van der Waals surface area contributed by atoms with E-state index in [1.807, 2.05) is 0 Å². The van der Waals surface area contributed by atoms with Crippen LogP contribution < -0.4 is 4.74 Å². The lowest BCUT2D eigenvalue weighted by molar-refractivity contribution is -0.137. The van der Waals surface area contributed by atoms with Crippen LogP contribution in [0.1, 0.15) is 27.0 Å². The molecule has 0 atom stereocenters. The Bertz CT molecular complexity index is 891. The average molecular weight is 410 g/mol. The fraction of sp³-hybridized carbons (Fsp3) is 0.200. The minimum Gasteiger partial charge on any atom is -0.496 e. The Kier molecular flexibility index (Phi) is 7.28. The van der Waals surface area contributed by atoms with Crippen LogP contribution in [0.25, 0.3) is 6.08 Å². The number of halogens is 3. The Hall–Kier alpha value is -2.74. The van der Waals surface area contributed by atoms with Gasteiger partial charge in [-0.25, -0.2) is 0 Å². The Morgan fingerprint density at radius 3 is 2.57 bits per heavy atom. The zero-order valence-corrected chi connectivity index (χ0v) is 15.6. The predicted molar refractivity (Wildman–Crippen MR) is 102 cm³/mol. The SMILES string of the molecule is COc1ccc(C(=O)C=Cc2cccc(C(F)(F)F)c2)cc1CSCC(=O)O. The number of carbonyl (C=O) groups excluding carboxylic acids is 1. The molecule has 0 aliphatic carbocycles. The summed E-state index contributed by atoms with van der Waals surface area (Å²) in [5.41, 5.74) is 0.459. The molecule has 1 N–H and O–H groups in total.